The van der Waals surface area contributed by atoms with E-state index in [2.05, 4.69) is 9.97 Å². The van der Waals surface area contributed by atoms with E-state index in [0.717, 1.165) is 11.1 Å². The van der Waals surface area contributed by atoms with Crippen molar-refractivity contribution in [2.75, 3.05) is 5.43 Å². The number of benzene rings is 1. The van der Waals surface area contributed by atoms with Crippen molar-refractivity contribution in [2.24, 2.45) is 5.73 Å². The number of anilines is 1. The first kappa shape index (κ1) is 15.6. The Balaban J connectivity index is 2.44. The van der Waals surface area contributed by atoms with E-state index in [0.29, 0.717) is 12.1 Å². The van der Waals surface area contributed by atoms with Crippen molar-refractivity contribution in [1.29, 1.82) is 0 Å². The molecule has 0 saturated carbocycles. The van der Waals surface area contributed by atoms with Crippen molar-refractivity contribution in [1.82, 2.24) is 9.97 Å². The second kappa shape index (κ2) is 5.94. The molecule has 8 nitrogen and oxygen atoms in total. The minimum absolute atomic E-state index is 0.203. The number of hydrogen-bond acceptors (Lipinski definition) is 5. The Labute approximate surface area is 126 Å². The van der Waals surface area contributed by atoms with Gasteiger partial charge in [-0.3, -0.25) is 9.78 Å². The van der Waals surface area contributed by atoms with Gasteiger partial charge in [-0.1, -0.05) is 43.5 Å². The van der Waals surface area contributed by atoms with Crippen LogP contribution in [-0.2, 0) is 12.0 Å². The van der Waals surface area contributed by atoms with Crippen molar-refractivity contribution >= 4 is 5.95 Å². The number of nitro groups is 1. The van der Waals surface area contributed by atoms with Crippen LogP contribution in [0.4, 0.5) is 5.95 Å². The summed E-state index contributed by atoms with van der Waals surface area (Å²) < 4.78 is 0. The summed E-state index contributed by atoms with van der Waals surface area (Å²) in [6.07, 6.45) is 1.35. The molecular formula is C14H17N5O3. The lowest BCUT2D eigenvalue weighted by Gasteiger charge is -2.25. The van der Waals surface area contributed by atoms with Gasteiger partial charge < -0.3 is 5.73 Å². The zero-order valence-corrected chi connectivity index (χ0v) is 12.3. The number of nitrogens with zero attached hydrogens (tertiary/aromatic N) is 2. The third kappa shape index (κ3) is 3.12. The van der Waals surface area contributed by atoms with Crippen LogP contribution in [0.3, 0.4) is 0 Å². The molecule has 1 heterocycles. The van der Waals surface area contributed by atoms with E-state index in [9.17, 15) is 14.9 Å². The Morgan fingerprint density at radius 3 is 2.77 bits per heavy atom. The molecule has 0 aliphatic heterocycles. The highest BCUT2D eigenvalue weighted by Crippen LogP contribution is 2.29. The lowest BCUT2D eigenvalue weighted by atomic mass is 9.79. The van der Waals surface area contributed by atoms with E-state index in [1.165, 1.54) is 6.20 Å². The second-order valence-corrected chi connectivity index (χ2v) is 5.37. The highest BCUT2D eigenvalue weighted by atomic mass is 16.7. The first-order valence-corrected chi connectivity index (χ1v) is 6.65. The van der Waals surface area contributed by atoms with E-state index in [1.54, 1.807) is 0 Å². The van der Waals surface area contributed by atoms with Gasteiger partial charge >= 0.3 is 0 Å². The Hall–Kier alpha value is -2.74. The molecule has 0 atom stereocenters. The molecule has 0 aliphatic rings. The van der Waals surface area contributed by atoms with Crippen molar-refractivity contribution < 1.29 is 5.03 Å². The Bertz CT molecular complexity index is 754. The average Bonchev–Trinajstić information content (AvgIpc) is 2.46. The quantitative estimate of drug-likeness (QED) is 0.562. The summed E-state index contributed by atoms with van der Waals surface area (Å²) in [5.74, 6) is -0.203. The molecule has 0 amide bonds. The first-order chi connectivity index (χ1) is 10.3. The molecule has 0 fully saturated rings. The van der Waals surface area contributed by atoms with Gasteiger partial charge in [-0.05, 0) is 11.1 Å². The number of nitrogens with two attached hydrogens (primary N) is 1. The summed E-state index contributed by atoms with van der Waals surface area (Å²) in [6.45, 7) is 4.18. The predicted octanol–water partition coefficient (Wildman–Crippen LogP) is 1.16. The number of H-pyrrole nitrogens is 1. The fourth-order valence-corrected chi connectivity index (χ4v) is 2.23. The van der Waals surface area contributed by atoms with Gasteiger partial charge in [-0.2, -0.15) is 0 Å². The summed E-state index contributed by atoms with van der Waals surface area (Å²) >= 11 is 0. The molecule has 8 heteroatoms. The topological polar surface area (TPSA) is 127 Å². The fraction of sp³-hybridized carbons (Fsp3) is 0.286. The van der Waals surface area contributed by atoms with Gasteiger partial charge in [0.15, 0.2) is 5.03 Å². The minimum atomic E-state index is -0.784. The lowest BCUT2D eigenvalue weighted by molar-refractivity contribution is -0.446. The lowest BCUT2D eigenvalue weighted by Crippen LogP contribution is -2.30. The van der Waals surface area contributed by atoms with Crippen LogP contribution in [0.25, 0.3) is 0 Å². The number of hydrazine groups is 1. The smallest absolute Gasteiger partial charge is 0.265 e. The number of nitrogens with one attached hydrogen (secondary N) is 2. The molecule has 0 unspecified atom stereocenters. The molecule has 22 heavy (non-hydrogen) atoms. The van der Waals surface area contributed by atoms with Crippen LogP contribution in [0, 0.1) is 10.1 Å². The van der Waals surface area contributed by atoms with Crippen molar-refractivity contribution in [3.05, 3.63) is 67.6 Å². The Morgan fingerprint density at radius 2 is 2.18 bits per heavy atom. The average molecular weight is 303 g/mol. The number of hydrogen-bond donors (Lipinski definition) is 3. The zero-order valence-electron chi connectivity index (χ0n) is 12.3. The Morgan fingerprint density at radius 1 is 1.45 bits per heavy atom. The van der Waals surface area contributed by atoms with E-state index in [1.807, 2.05) is 43.5 Å². The highest BCUT2D eigenvalue weighted by molar-refractivity contribution is 5.38. The molecule has 2 aromatic rings. The summed E-state index contributed by atoms with van der Waals surface area (Å²) in [4.78, 5) is 28.8. The van der Waals surface area contributed by atoms with Crippen LogP contribution in [0.2, 0.25) is 0 Å². The third-order valence-corrected chi connectivity index (χ3v) is 3.55. The van der Waals surface area contributed by atoms with Crippen LogP contribution < -0.4 is 16.7 Å². The molecule has 0 aliphatic carbocycles. The highest BCUT2D eigenvalue weighted by Gasteiger charge is 2.27. The number of rotatable bonds is 5. The third-order valence-electron chi connectivity index (χ3n) is 3.55. The SMILES string of the molecule is CC(C)(c1cccc(CN)c1)c1cnc(N[N+](=O)[O-])[nH]c1=O. The normalized spacial score (nSPS) is 11.2. The maximum atomic E-state index is 12.2. The molecule has 1 aromatic heterocycles. The summed E-state index contributed by atoms with van der Waals surface area (Å²) in [5, 5.41) is 9.59. The molecular weight excluding hydrogens is 286 g/mol. The summed E-state index contributed by atoms with van der Waals surface area (Å²) in [6, 6.07) is 7.63. The Kier molecular flexibility index (Phi) is 4.22. The van der Waals surface area contributed by atoms with Crippen LogP contribution >= 0.6 is 0 Å². The summed E-state index contributed by atoms with van der Waals surface area (Å²) in [7, 11) is 0. The van der Waals surface area contributed by atoms with Gasteiger partial charge in [0.2, 0.25) is 0 Å². The van der Waals surface area contributed by atoms with Gasteiger partial charge in [0.1, 0.15) is 0 Å². The van der Waals surface area contributed by atoms with Gasteiger partial charge in [-0.15, -0.1) is 0 Å². The van der Waals surface area contributed by atoms with E-state index in [4.69, 9.17) is 5.73 Å². The van der Waals surface area contributed by atoms with Crippen LogP contribution in [-0.4, -0.2) is 15.0 Å². The fourth-order valence-electron chi connectivity index (χ4n) is 2.23. The molecule has 0 bridgehead atoms. The van der Waals surface area contributed by atoms with Gasteiger partial charge in [0.25, 0.3) is 11.5 Å². The van der Waals surface area contributed by atoms with E-state index in [-0.39, 0.29) is 5.95 Å². The maximum Gasteiger partial charge on any atom is 0.265 e. The standard InChI is InChI=1S/C14H17N5O3/c1-14(2,10-5-3-4-9(6-10)7-15)11-8-16-13(17-12(11)20)18-19(21)22/h3-6,8H,7,15H2,1-2H3,(H2,16,17,18,20). The maximum absolute atomic E-state index is 12.2. The van der Waals surface area contributed by atoms with Crippen molar-refractivity contribution in [2.45, 2.75) is 25.8 Å². The van der Waals surface area contributed by atoms with Crippen molar-refractivity contribution in [3.63, 3.8) is 0 Å². The molecule has 1 aromatic carbocycles. The number of aromatic amines is 1. The monoisotopic (exact) mass is 303 g/mol. The van der Waals surface area contributed by atoms with Crippen LogP contribution in [0.15, 0.2) is 35.3 Å². The van der Waals surface area contributed by atoms with E-state index < -0.39 is 16.0 Å². The van der Waals surface area contributed by atoms with Crippen LogP contribution in [0.5, 0.6) is 0 Å². The molecule has 116 valence electrons. The van der Waals surface area contributed by atoms with Gasteiger partial charge in [-0.25, -0.2) is 15.1 Å². The minimum Gasteiger partial charge on any atom is -0.326 e. The predicted molar refractivity (Wildman–Crippen MR) is 81.9 cm³/mol. The van der Waals surface area contributed by atoms with Crippen molar-refractivity contribution in [3.8, 4) is 0 Å². The summed E-state index contributed by atoms with van der Waals surface area (Å²) in [5.41, 5.74) is 8.71. The van der Waals surface area contributed by atoms with Gasteiger partial charge in [0.05, 0.1) is 0 Å². The molecule has 0 radical (unpaired) electrons. The second-order valence-electron chi connectivity index (χ2n) is 5.37. The van der Waals surface area contributed by atoms with Crippen LogP contribution in [0.1, 0.15) is 30.5 Å². The van der Waals surface area contributed by atoms with E-state index >= 15 is 0 Å². The molecule has 0 saturated heterocycles. The first-order valence-electron chi connectivity index (χ1n) is 6.65. The number of aromatic nitrogens is 2. The zero-order chi connectivity index (χ0) is 16.3. The largest absolute Gasteiger partial charge is 0.326 e. The molecule has 2 rings (SSSR count). The molecule has 0 spiro atoms. The van der Waals surface area contributed by atoms with Gasteiger partial charge in [0, 0.05) is 23.7 Å². The molecule has 4 N–H and O–H groups in total.